The minimum atomic E-state index is -0.585. The summed E-state index contributed by atoms with van der Waals surface area (Å²) in [6.07, 6.45) is 4.36. The van der Waals surface area contributed by atoms with Crippen LogP contribution in [-0.2, 0) is 41.6 Å². The van der Waals surface area contributed by atoms with E-state index in [1.165, 1.54) is 12.7 Å². The fraction of sp³-hybridized carbons (Fsp3) is 0.435. The predicted octanol–water partition coefficient (Wildman–Crippen LogP) is 6.63. The zero-order valence-corrected chi connectivity index (χ0v) is 38.6. The Labute approximate surface area is 391 Å². The zero-order chi connectivity index (χ0) is 47.5. The van der Waals surface area contributed by atoms with Crippen molar-refractivity contribution in [2.45, 2.75) is 116 Å². The van der Waals surface area contributed by atoms with Crippen LogP contribution in [0.15, 0.2) is 86.0 Å². The van der Waals surface area contributed by atoms with Crippen LogP contribution < -0.4 is 11.1 Å². The van der Waals surface area contributed by atoms with E-state index in [1.54, 1.807) is 59.3 Å². The molecule has 4 aliphatic rings. The van der Waals surface area contributed by atoms with Crippen molar-refractivity contribution in [3.63, 3.8) is 0 Å². The Morgan fingerprint density at radius 1 is 0.672 bits per heavy atom. The first-order valence-corrected chi connectivity index (χ1v) is 22.6. The molecule has 4 aliphatic heterocycles. The number of hydrogen-bond donors (Lipinski definition) is 2. The zero-order valence-electron chi connectivity index (χ0n) is 37.9. The maximum Gasteiger partial charge on any atom is 0.411 e. The van der Waals surface area contributed by atoms with Crippen LogP contribution in [0.5, 0.6) is 0 Å². The van der Waals surface area contributed by atoms with Crippen molar-refractivity contribution in [3.05, 3.63) is 97.1 Å². The summed E-state index contributed by atoms with van der Waals surface area (Å²) in [7, 11) is 0. The van der Waals surface area contributed by atoms with Crippen LogP contribution >= 0.6 is 11.6 Å². The van der Waals surface area contributed by atoms with Gasteiger partial charge in [0.15, 0.2) is 53.1 Å². The molecule has 67 heavy (non-hydrogen) atoms. The minimum Gasteiger partial charge on any atom is -0.439 e. The summed E-state index contributed by atoms with van der Waals surface area (Å²) in [5.41, 5.74) is 10.00. The van der Waals surface area contributed by atoms with Crippen molar-refractivity contribution >= 4 is 68.9 Å². The number of amides is 3. The molecule has 4 fully saturated rings. The van der Waals surface area contributed by atoms with Gasteiger partial charge in [0.2, 0.25) is 11.1 Å². The van der Waals surface area contributed by atoms with Crippen molar-refractivity contribution in [1.29, 1.82) is 0 Å². The highest BCUT2D eigenvalue weighted by atomic mass is 35.5. The van der Waals surface area contributed by atoms with Crippen molar-refractivity contribution in [3.8, 4) is 0 Å². The van der Waals surface area contributed by atoms with Gasteiger partial charge < -0.3 is 30.0 Å². The first-order chi connectivity index (χ1) is 32.3. The third-order valence-electron chi connectivity index (χ3n) is 12.0. The minimum absolute atomic E-state index is 0.0216. The average molecular weight is 937 g/mol. The van der Waals surface area contributed by atoms with E-state index in [-0.39, 0.29) is 59.5 Å². The molecule has 6 aromatic rings. The lowest BCUT2D eigenvalue weighted by Gasteiger charge is -2.24. The summed E-state index contributed by atoms with van der Waals surface area (Å²) in [6, 6.07) is 19.3. The second kappa shape index (κ2) is 20.0. The second-order valence-electron chi connectivity index (χ2n) is 17.1. The second-order valence-corrected chi connectivity index (χ2v) is 17.5. The number of nitrogens with two attached hydrogens (primary N) is 1. The molecule has 8 atom stereocenters. The number of nitrogens with one attached hydrogen (secondary N) is 1. The highest BCUT2D eigenvalue weighted by Crippen LogP contribution is 2.44. The molecule has 0 unspecified atom stereocenters. The molecule has 2 aromatic carbocycles. The number of ether oxygens (including phenoxy) is 4. The van der Waals surface area contributed by atoms with E-state index >= 15 is 0 Å². The van der Waals surface area contributed by atoms with Crippen LogP contribution in [0.1, 0.15) is 78.0 Å². The van der Waals surface area contributed by atoms with Crippen molar-refractivity contribution in [2.75, 3.05) is 11.1 Å². The molecule has 4 aromatic heterocycles. The molecule has 4 saturated heterocycles. The Bertz CT molecular complexity index is 2720. The van der Waals surface area contributed by atoms with Gasteiger partial charge in [0, 0.05) is 24.9 Å². The molecule has 0 bridgehead atoms. The number of halogens is 1. The Morgan fingerprint density at radius 2 is 1.12 bits per heavy atom. The Hall–Kier alpha value is -6.77. The summed E-state index contributed by atoms with van der Waals surface area (Å²) in [6.45, 7) is 12.1. The van der Waals surface area contributed by atoms with Gasteiger partial charge in [-0.3, -0.25) is 28.5 Å². The molecule has 3 amide bonds. The number of benzene rings is 2. The van der Waals surface area contributed by atoms with Gasteiger partial charge in [-0.2, -0.15) is 0 Å². The van der Waals surface area contributed by atoms with Crippen molar-refractivity contribution < 1.29 is 38.1 Å². The fourth-order valence-electron chi connectivity index (χ4n) is 8.53. The maximum atomic E-state index is 12.8. The summed E-state index contributed by atoms with van der Waals surface area (Å²) in [5.74, 6) is 0.267. The van der Waals surface area contributed by atoms with Crippen LogP contribution in [0.25, 0.3) is 22.3 Å². The van der Waals surface area contributed by atoms with E-state index < -0.39 is 24.7 Å². The molecule has 8 heterocycles. The van der Waals surface area contributed by atoms with Crippen LogP contribution in [0, 0.1) is 11.8 Å². The Balaban J connectivity index is 0.000000164. The van der Waals surface area contributed by atoms with Gasteiger partial charge in [-0.25, -0.2) is 39.5 Å². The average Bonchev–Trinajstić information content (AvgIpc) is 4.18. The van der Waals surface area contributed by atoms with Gasteiger partial charge in [0.1, 0.15) is 30.3 Å². The van der Waals surface area contributed by atoms with Crippen LogP contribution in [-0.4, -0.2) is 109 Å². The number of nitrogens with zero attached hydrogens (tertiary/aromatic N) is 10. The van der Waals surface area contributed by atoms with E-state index in [0.717, 1.165) is 24.0 Å². The fourth-order valence-corrected chi connectivity index (χ4v) is 8.53. The molecular formula is C46H53ClN12O8. The summed E-state index contributed by atoms with van der Waals surface area (Å²) in [4.78, 5) is 76.7. The van der Waals surface area contributed by atoms with Gasteiger partial charge in [-0.1, -0.05) is 102 Å². The Morgan fingerprint density at radius 3 is 1.57 bits per heavy atom. The lowest BCUT2D eigenvalue weighted by atomic mass is 10.0. The molecule has 10 rings (SSSR count). The number of carbonyl (C=O) groups excluding carboxylic acids is 4. The van der Waals surface area contributed by atoms with E-state index in [1.807, 2.05) is 74.5 Å². The highest BCUT2D eigenvalue weighted by Gasteiger charge is 2.58. The van der Waals surface area contributed by atoms with Crippen LogP contribution in [0.4, 0.5) is 21.2 Å². The van der Waals surface area contributed by atoms with Gasteiger partial charge in [-0.15, -0.1) is 0 Å². The molecule has 3 N–H and O–H groups in total. The monoisotopic (exact) mass is 936 g/mol. The van der Waals surface area contributed by atoms with E-state index in [9.17, 15) is 19.2 Å². The quantitative estimate of drug-likeness (QED) is 0.130. The maximum absolute atomic E-state index is 12.8. The number of nitrogen functional groups attached to an aromatic ring is 1. The molecule has 20 nitrogen and oxygen atoms in total. The van der Waals surface area contributed by atoms with E-state index in [0.29, 0.717) is 47.1 Å². The number of rotatable bonds is 11. The SMILES string of the molecule is CC(C)C(=O)Cl.CC[C@H]1O[C@@H](n2cnc3c(N)ncnc32)[C@@H]2OC(=O)N(Cc3ccccc3)[C@@H]21.CC[C@H]1O[C@@H](n2cnc3c(NC(=O)C(C)C)ncnc32)[C@@H]2OC(=O)N(Cc3ccccc3)[C@@H]21. The van der Waals surface area contributed by atoms with Crippen molar-refractivity contribution in [2.24, 2.45) is 11.8 Å². The molecule has 0 radical (unpaired) electrons. The third-order valence-corrected chi connectivity index (χ3v) is 12.4. The van der Waals surface area contributed by atoms with Gasteiger partial charge >= 0.3 is 12.2 Å². The number of anilines is 2. The number of fused-ring (bicyclic) bond motifs is 4. The molecule has 0 aliphatic carbocycles. The van der Waals surface area contributed by atoms with E-state index in [4.69, 9.17) is 36.3 Å². The smallest absolute Gasteiger partial charge is 0.411 e. The topological polar surface area (TPSA) is 237 Å². The Kier molecular flexibility index (Phi) is 13.9. The molecule has 352 valence electrons. The molecule has 21 heteroatoms. The first-order valence-electron chi connectivity index (χ1n) is 22.2. The van der Waals surface area contributed by atoms with Gasteiger partial charge in [0.05, 0.1) is 24.9 Å². The predicted molar refractivity (Wildman–Crippen MR) is 245 cm³/mol. The lowest BCUT2D eigenvalue weighted by Crippen LogP contribution is -2.41. The van der Waals surface area contributed by atoms with Crippen LogP contribution in [0.3, 0.4) is 0 Å². The van der Waals surface area contributed by atoms with Crippen LogP contribution in [0.2, 0.25) is 0 Å². The number of carbonyl (C=O) groups is 4. The molecule has 0 saturated carbocycles. The molecule has 0 spiro atoms. The largest absolute Gasteiger partial charge is 0.439 e. The summed E-state index contributed by atoms with van der Waals surface area (Å²) >= 11 is 4.97. The summed E-state index contributed by atoms with van der Waals surface area (Å²) in [5, 5.41) is 2.53. The molecular weight excluding hydrogens is 884 g/mol. The summed E-state index contributed by atoms with van der Waals surface area (Å²) < 4.78 is 27.8. The lowest BCUT2D eigenvalue weighted by molar-refractivity contribution is -0.119. The standard InChI is InChI=1S/C23H26N6O4.C19H20N6O3.C4H7ClO/c1-4-15-17-18(33-23(31)28(17)10-14-8-6-5-7-9-14)22(32-15)29-12-26-16-19(24-11-25-20(16)29)27-21(30)13(2)3;1-2-12-14-15(28-19(26)24(14)8-11-6-4-3-5-7-11)18(27-12)25-10-23-13-16(20)21-9-22-17(13)25;1-3(2)4(5)6/h5-9,11-13,15,17-18,22H,4,10H2,1-3H3,(H,24,25,27,30);3-7,9-10,12,14-15,18H,2,8H2,1H3,(H2,20,21,22);3H,1-2H3/t15-,17-,18-,22-;12-,14-,15-,18-;/m11./s1. The van der Waals surface area contributed by atoms with E-state index in [2.05, 4.69) is 35.2 Å². The highest BCUT2D eigenvalue weighted by molar-refractivity contribution is 6.63. The van der Waals surface area contributed by atoms with Gasteiger partial charge in [0.25, 0.3) is 0 Å². The van der Waals surface area contributed by atoms with Crippen molar-refractivity contribution in [1.82, 2.24) is 48.8 Å². The third kappa shape index (κ3) is 9.46. The van der Waals surface area contributed by atoms with Gasteiger partial charge in [-0.05, 0) is 35.6 Å². The number of hydrogen-bond acceptors (Lipinski definition) is 15. The first kappa shape index (κ1) is 46.7. The number of imidazole rings is 2. The normalized spacial score (nSPS) is 24.0. The number of aromatic nitrogens is 8.